The molecule has 5 rings (SSSR count). The number of nitrogens with zero attached hydrogens (tertiary/aromatic N) is 2. The Morgan fingerprint density at radius 2 is 1.49 bits per heavy atom. The molecule has 4 aromatic rings. The highest BCUT2D eigenvalue weighted by Gasteiger charge is 2.52. The second-order valence-corrected chi connectivity index (χ2v) is 15.2. The molecule has 2 aromatic carbocycles. The van der Waals surface area contributed by atoms with Crippen molar-refractivity contribution in [2.75, 3.05) is 0 Å². The Balaban J connectivity index is 1.82. The van der Waals surface area contributed by atoms with Gasteiger partial charge in [-0.05, 0) is 51.7 Å². The van der Waals surface area contributed by atoms with Crippen LogP contribution in [0.5, 0.6) is 0 Å². The van der Waals surface area contributed by atoms with Crippen molar-refractivity contribution in [3.63, 3.8) is 0 Å². The average Bonchev–Trinajstić information content (AvgIpc) is 3.03. The predicted molar refractivity (Wildman–Crippen MR) is 154 cm³/mol. The molecule has 1 aliphatic carbocycles. The van der Waals surface area contributed by atoms with E-state index < -0.39 is 20.5 Å². The number of fused-ring (bicyclic) bond motifs is 2. The number of hydrogen-bond donors (Lipinski definition) is 1. The lowest BCUT2D eigenvalue weighted by Gasteiger charge is -2.45. The zero-order valence-electron chi connectivity index (χ0n) is 21.5. The minimum absolute atomic E-state index is 0.220. The standard InChI is InChI=1S/C31H31ClN2O2Si/c1-21(35)29-18-26-22(19-33-29)15-16-28-27(17-23(32)20-34-28)30(26)36-37(31(2,3)4,24-11-7-5-8-12-24)25-13-9-6-10-14-25/h5-21,30,35H,1-4H3. The maximum absolute atomic E-state index is 10.4. The molecular formula is C31H31ClN2O2Si. The summed E-state index contributed by atoms with van der Waals surface area (Å²) in [5.41, 5.74) is 4.18. The van der Waals surface area contributed by atoms with Crippen molar-refractivity contribution in [1.82, 2.24) is 9.97 Å². The van der Waals surface area contributed by atoms with Crippen molar-refractivity contribution in [1.29, 1.82) is 0 Å². The Hall–Kier alpha value is -3.09. The summed E-state index contributed by atoms with van der Waals surface area (Å²) in [6.45, 7) is 8.52. The van der Waals surface area contributed by atoms with Crippen molar-refractivity contribution < 1.29 is 9.53 Å². The third-order valence-electron chi connectivity index (χ3n) is 7.03. The third-order valence-corrected chi connectivity index (χ3v) is 12.2. The Labute approximate surface area is 224 Å². The van der Waals surface area contributed by atoms with Crippen molar-refractivity contribution in [2.24, 2.45) is 0 Å². The minimum atomic E-state index is -2.94. The van der Waals surface area contributed by atoms with Crippen molar-refractivity contribution in [3.8, 4) is 0 Å². The molecule has 0 bridgehead atoms. The van der Waals surface area contributed by atoms with Gasteiger partial charge in [0, 0.05) is 18.0 Å². The largest absolute Gasteiger partial charge is 0.396 e. The van der Waals surface area contributed by atoms with Crippen LogP contribution in [-0.2, 0) is 4.43 Å². The van der Waals surface area contributed by atoms with E-state index in [4.69, 9.17) is 16.0 Å². The number of aliphatic hydroxyl groups is 1. The number of aliphatic hydroxyl groups excluding tert-OH is 1. The number of pyridine rings is 2. The van der Waals surface area contributed by atoms with Gasteiger partial charge in [0.25, 0.3) is 8.32 Å². The van der Waals surface area contributed by atoms with Crippen LogP contribution >= 0.6 is 11.6 Å². The SMILES string of the molecule is CC(O)c1cc2c(cn1)C=Cc1ncc(Cl)cc1C2O[Si](c1ccccc1)(c1ccccc1)C(C)(C)C. The van der Waals surface area contributed by atoms with Crippen LogP contribution in [-0.4, -0.2) is 23.4 Å². The van der Waals surface area contributed by atoms with Gasteiger partial charge in [0.1, 0.15) is 0 Å². The molecule has 4 nitrogen and oxygen atoms in total. The fourth-order valence-electron chi connectivity index (χ4n) is 5.24. The molecule has 0 fully saturated rings. The number of hydrogen-bond acceptors (Lipinski definition) is 4. The Morgan fingerprint density at radius 3 is 2.05 bits per heavy atom. The van der Waals surface area contributed by atoms with Crippen LogP contribution in [0.3, 0.4) is 0 Å². The van der Waals surface area contributed by atoms with E-state index in [-0.39, 0.29) is 5.04 Å². The van der Waals surface area contributed by atoms with Gasteiger partial charge in [0.2, 0.25) is 0 Å². The van der Waals surface area contributed by atoms with Crippen LogP contribution < -0.4 is 10.4 Å². The summed E-state index contributed by atoms with van der Waals surface area (Å²) < 4.78 is 7.63. The van der Waals surface area contributed by atoms with Gasteiger partial charge in [0.05, 0.1) is 28.6 Å². The number of aromatic nitrogens is 2. The van der Waals surface area contributed by atoms with Gasteiger partial charge in [0.15, 0.2) is 0 Å². The van der Waals surface area contributed by atoms with E-state index in [1.807, 2.05) is 42.6 Å². The predicted octanol–water partition coefficient (Wildman–Crippen LogP) is 6.33. The number of rotatable bonds is 5. The van der Waals surface area contributed by atoms with Gasteiger partial charge in [-0.2, -0.15) is 0 Å². The Bertz CT molecular complexity index is 1390. The topological polar surface area (TPSA) is 55.2 Å². The van der Waals surface area contributed by atoms with Crippen molar-refractivity contribution in [2.45, 2.75) is 44.9 Å². The van der Waals surface area contributed by atoms with Crippen LogP contribution in [0.2, 0.25) is 10.1 Å². The summed E-state index contributed by atoms with van der Waals surface area (Å²) in [4.78, 5) is 9.17. The Morgan fingerprint density at radius 1 is 0.865 bits per heavy atom. The molecule has 1 N–H and O–H groups in total. The first-order chi connectivity index (χ1) is 17.7. The third kappa shape index (κ3) is 4.69. The fourth-order valence-corrected chi connectivity index (χ4v) is 10.0. The van der Waals surface area contributed by atoms with Gasteiger partial charge >= 0.3 is 0 Å². The van der Waals surface area contributed by atoms with Crippen molar-refractivity contribution >= 4 is 42.4 Å². The van der Waals surface area contributed by atoms with E-state index >= 15 is 0 Å². The summed E-state index contributed by atoms with van der Waals surface area (Å²) in [5.74, 6) is 0. The molecule has 6 heteroatoms. The summed E-state index contributed by atoms with van der Waals surface area (Å²) in [7, 11) is -2.94. The normalized spacial score (nSPS) is 16.0. The second kappa shape index (κ2) is 9.99. The molecule has 2 atom stereocenters. The summed E-state index contributed by atoms with van der Waals surface area (Å²) in [6, 6.07) is 25.1. The highest BCUT2D eigenvalue weighted by atomic mass is 35.5. The maximum Gasteiger partial charge on any atom is 0.262 e. The van der Waals surface area contributed by atoms with E-state index in [1.54, 1.807) is 13.1 Å². The lowest BCUT2D eigenvalue weighted by atomic mass is 9.98. The van der Waals surface area contributed by atoms with Crippen LogP contribution in [0.15, 0.2) is 85.2 Å². The Kier molecular flexibility index (Phi) is 6.90. The summed E-state index contributed by atoms with van der Waals surface area (Å²) >= 11 is 6.52. The summed E-state index contributed by atoms with van der Waals surface area (Å²) in [6.07, 6.45) is 6.30. The molecular weight excluding hydrogens is 496 g/mol. The van der Waals surface area contributed by atoms with Crippen molar-refractivity contribution in [3.05, 3.63) is 118 Å². The zero-order chi connectivity index (χ0) is 26.2. The first-order valence-corrected chi connectivity index (χ1v) is 14.8. The molecule has 37 heavy (non-hydrogen) atoms. The highest BCUT2D eigenvalue weighted by molar-refractivity contribution is 6.99. The molecule has 2 unspecified atom stereocenters. The fraction of sp³-hybridized carbons (Fsp3) is 0.226. The summed E-state index contributed by atoms with van der Waals surface area (Å²) in [5, 5.41) is 13.1. The smallest absolute Gasteiger partial charge is 0.262 e. The number of benzene rings is 2. The maximum atomic E-state index is 10.4. The molecule has 0 saturated heterocycles. The molecule has 188 valence electrons. The van der Waals surface area contributed by atoms with E-state index in [1.165, 1.54) is 10.4 Å². The lowest BCUT2D eigenvalue weighted by molar-refractivity contribution is 0.193. The van der Waals surface area contributed by atoms with Crippen LogP contribution in [0.25, 0.3) is 12.2 Å². The molecule has 0 saturated carbocycles. The second-order valence-electron chi connectivity index (χ2n) is 10.5. The van der Waals surface area contributed by atoms with Gasteiger partial charge in [-0.1, -0.05) is 99.1 Å². The molecule has 0 amide bonds. The van der Waals surface area contributed by atoms with Crippen LogP contribution in [0, 0.1) is 0 Å². The van der Waals surface area contributed by atoms with Gasteiger partial charge in [-0.25, -0.2) is 0 Å². The van der Waals surface area contributed by atoms with Gasteiger partial charge in [-0.3, -0.25) is 9.97 Å². The lowest BCUT2D eigenvalue weighted by Crippen LogP contribution is -2.67. The first-order valence-electron chi connectivity index (χ1n) is 12.5. The average molecular weight is 527 g/mol. The molecule has 2 heterocycles. The van der Waals surface area contributed by atoms with Crippen LogP contribution in [0.4, 0.5) is 0 Å². The number of halogens is 1. The minimum Gasteiger partial charge on any atom is -0.396 e. The van der Waals surface area contributed by atoms with Crippen LogP contribution in [0.1, 0.15) is 68.0 Å². The molecule has 1 aliphatic rings. The molecule has 2 aromatic heterocycles. The van der Waals surface area contributed by atoms with E-state index in [0.717, 1.165) is 22.4 Å². The molecule has 0 aliphatic heterocycles. The van der Waals surface area contributed by atoms with E-state index in [2.05, 4.69) is 79.3 Å². The van der Waals surface area contributed by atoms with E-state index in [9.17, 15) is 5.11 Å². The van der Waals surface area contributed by atoms with Gasteiger partial charge < -0.3 is 9.53 Å². The molecule has 0 spiro atoms. The first kappa shape index (κ1) is 25.6. The quantitative estimate of drug-likeness (QED) is 0.308. The molecule has 0 radical (unpaired) electrons. The monoisotopic (exact) mass is 526 g/mol. The zero-order valence-corrected chi connectivity index (χ0v) is 23.3. The van der Waals surface area contributed by atoms with Gasteiger partial charge in [-0.15, -0.1) is 0 Å². The highest BCUT2D eigenvalue weighted by Crippen LogP contribution is 2.44. The van der Waals surface area contributed by atoms with E-state index in [0.29, 0.717) is 10.7 Å².